The standard InChI is InChI=1S/C23H28FN3O4/c1-25-18-10-19(22-21(11-18)30-8-9-31-22)23(29)26-12-16-6-7-27(14-20(16)28)13-15-2-4-17(24)5-3-15/h2-5,10-11,16,20,25,28H,6-9,12-14H2,1H3,(H,26,29)/t16-,20+/m0/s1. The van der Waals surface area contributed by atoms with Crippen LogP contribution in [0.4, 0.5) is 10.1 Å². The molecule has 2 atom stereocenters. The van der Waals surface area contributed by atoms with Gasteiger partial charge in [-0.15, -0.1) is 0 Å². The molecule has 7 nitrogen and oxygen atoms in total. The summed E-state index contributed by atoms with van der Waals surface area (Å²) in [6.07, 6.45) is 0.211. The van der Waals surface area contributed by atoms with Crippen LogP contribution in [0.1, 0.15) is 22.3 Å². The van der Waals surface area contributed by atoms with Gasteiger partial charge in [-0.1, -0.05) is 12.1 Å². The van der Waals surface area contributed by atoms with E-state index in [-0.39, 0.29) is 17.6 Å². The fraction of sp³-hybridized carbons (Fsp3) is 0.435. The number of hydrogen-bond donors (Lipinski definition) is 3. The number of aliphatic hydroxyl groups is 1. The van der Waals surface area contributed by atoms with Gasteiger partial charge in [-0.25, -0.2) is 4.39 Å². The number of benzene rings is 2. The van der Waals surface area contributed by atoms with Crippen LogP contribution in [0.25, 0.3) is 0 Å². The Hall–Kier alpha value is -2.84. The van der Waals surface area contributed by atoms with Gasteiger partial charge >= 0.3 is 0 Å². The Morgan fingerprint density at radius 2 is 2.00 bits per heavy atom. The maximum Gasteiger partial charge on any atom is 0.255 e. The number of carbonyl (C=O) groups is 1. The van der Waals surface area contributed by atoms with Gasteiger partial charge in [-0.3, -0.25) is 9.69 Å². The number of nitrogens with zero attached hydrogens (tertiary/aromatic N) is 1. The summed E-state index contributed by atoms with van der Waals surface area (Å²) in [6, 6.07) is 9.98. The summed E-state index contributed by atoms with van der Waals surface area (Å²) in [6.45, 7) is 3.21. The van der Waals surface area contributed by atoms with E-state index in [4.69, 9.17) is 9.47 Å². The summed E-state index contributed by atoms with van der Waals surface area (Å²) >= 11 is 0. The van der Waals surface area contributed by atoms with Crippen LogP contribution in [0.2, 0.25) is 0 Å². The first kappa shape index (κ1) is 21.4. The fourth-order valence-corrected chi connectivity index (χ4v) is 4.06. The van der Waals surface area contributed by atoms with Crippen molar-refractivity contribution in [1.29, 1.82) is 0 Å². The first-order valence-corrected chi connectivity index (χ1v) is 10.6. The van der Waals surface area contributed by atoms with Crippen molar-refractivity contribution in [3.63, 3.8) is 0 Å². The number of nitrogens with one attached hydrogen (secondary N) is 2. The monoisotopic (exact) mass is 429 g/mol. The van der Waals surface area contributed by atoms with E-state index in [0.717, 1.165) is 24.2 Å². The average molecular weight is 429 g/mol. The first-order valence-electron chi connectivity index (χ1n) is 10.6. The van der Waals surface area contributed by atoms with Crippen molar-refractivity contribution < 1.29 is 23.8 Å². The molecule has 1 saturated heterocycles. The zero-order valence-electron chi connectivity index (χ0n) is 17.6. The van der Waals surface area contributed by atoms with Crippen LogP contribution in [0, 0.1) is 11.7 Å². The molecule has 166 valence electrons. The van der Waals surface area contributed by atoms with Crippen LogP contribution in [-0.4, -0.2) is 61.9 Å². The van der Waals surface area contributed by atoms with Gasteiger partial charge in [0.05, 0.1) is 11.7 Å². The van der Waals surface area contributed by atoms with Crippen LogP contribution in [0.15, 0.2) is 36.4 Å². The van der Waals surface area contributed by atoms with E-state index in [9.17, 15) is 14.3 Å². The molecule has 0 aromatic heterocycles. The molecule has 4 rings (SSSR count). The zero-order valence-corrected chi connectivity index (χ0v) is 17.6. The third-order valence-electron chi connectivity index (χ3n) is 5.83. The molecule has 0 radical (unpaired) electrons. The number of halogens is 1. The van der Waals surface area contributed by atoms with Crippen molar-refractivity contribution >= 4 is 11.6 Å². The Kier molecular flexibility index (Phi) is 6.58. The average Bonchev–Trinajstić information content (AvgIpc) is 2.79. The largest absolute Gasteiger partial charge is 0.486 e. The minimum Gasteiger partial charge on any atom is -0.486 e. The number of rotatable bonds is 6. The van der Waals surface area contributed by atoms with Gasteiger partial charge < -0.3 is 25.2 Å². The van der Waals surface area contributed by atoms with Crippen LogP contribution < -0.4 is 20.1 Å². The zero-order chi connectivity index (χ0) is 21.8. The molecule has 2 aliphatic rings. The lowest BCUT2D eigenvalue weighted by Gasteiger charge is -2.36. The van der Waals surface area contributed by atoms with Crippen molar-refractivity contribution in [1.82, 2.24) is 10.2 Å². The fourth-order valence-electron chi connectivity index (χ4n) is 4.06. The maximum atomic E-state index is 13.1. The summed E-state index contributed by atoms with van der Waals surface area (Å²) in [7, 11) is 1.78. The van der Waals surface area contributed by atoms with E-state index in [0.29, 0.717) is 49.9 Å². The number of carbonyl (C=O) groups excluding carboxylic acids is 1. The third-order valence-corrected chi connectivity index (χ3v) is 5.83. The van der Waals surface area contributed by atoms with E-state index in [1.807, 2.05) is 6.07 Å². The molecule has 0 spiro atoms. The van der Waals surface area contributed by atoms with Gasteiger partial charge in [0.15, 0.2) is 11.5 Å². The molecule has 0 aliphatic carbocycles. The summed E-state index contributed by atoms with van der Waals surface area (Å²) in [5.74, 6) is 0.472. The molecule has 2 heterocycles. The molecule has 31 heavy (non-hydrogen) atoms. The number of β-amino-alcohol motifs (C(OH)–C–C–N with tert-alkyl or cyclic N) is 1. The summed E-state index contributed by atoms with van der Waals surface area (Å²) in [5.41, 5.74) is 2.20. The predicted octanol–water partition coefficient (Wildman–Crippen LogP) is 2.25. The molecule has 8 heteroatoms. The molecule has 1 amide bonds. The minimum absolute atomic E-state index is 0.0334. The lowest BCUT2D eigenvalue weighted by Crippen LogP contribution is -2.47. The first-order chi connectivity index (χ1) is 15.0. The third kappa shape index (κ3) is 5.08. The smallest absolute Gasteiger partial charge is 0.255 e. The molecule has 3 N–H and O–H groups in total. The number of hydrogen-bond acceptors (Lipinski definition) is 6. The maximum absolute atomic E-state index is 13.1. The highest BCUT2D eigenvalue weighted by Crippen LogP contribution is 2.37. The van der Waals surface area contributed by atoms with Crippen molar-refractivity contribution in [3.05, 3.63) is 53.3 Å². The molecule has 0 bridgehead atoms. The second-order valence-electron chi connectivity index (χ2n) is 7.99. The van der Waals surface area contributed by atoms with Gasteiger partial charge in [-0.2, -0.15) is 0 Å². The summed E-state index contributed by atoms with van der Waals surface area (Å²) < 4.78 is 24.4. The number of likely N-dealkylation sites (tertiary alicyclic amines) is 1. The van der Waals surface area contributed by atoms with Crippen LogP contribution in [0.5, 0.6) is 11.5 Å². The van der Waals surface area contributed by atoms with Crippen LogP contribution in [0.3, 0.4) is 0 Å². The highest BCUT2D eigenvalue weighted by molar-refractivity contribution is 5.99. The minimum atomic E-state index is -0.549. The van der Waals surface area contributed by atoms with Crippen LogP contribution in [-0.2, 0) is 6.54 Å². The van der Waals surface area contributed by atoms with E-state index in [1.165, 1.54) is 12.1 Å². The van der Waals surface area contributed by atoms with Gasteiger partial charge in [0.2, 0.25) is 0 Å². The van der Waals surface area contributed by atoms with E-state index in [1.54, 1.807) is 25.2 Å². The Balaban J connectivity index is 1.33. The SMILES string of the molecule is CNc1cc2c(c(C(=O)NC[C@@H]3CCN(Cc4ccc(F)cc4)C[C@H]3O)c1)OCCO2. The van der Waals surface area contributed by atoms with E-state index < -0.39 is 6.10 Å². The topological polar surface area (TPSA) is 83.1 Å². The number of aliphatic hydroxyl groups excluding tert-OH is 1. The van der Waals surface area contributed by atoms with E-state index in [2.05, 4.69) is 15.5 Å². The van der Waals surface area contributed by atoms with Crippen molar-refractivity contribution in [3.8, 4) is 11.5 Å². The summed E-state index contributed by atoms with van der Waals surface area (Å²) in [4.78, 5) is 15.0. The Morgan fingerprint density at radius 3 is 2.74 bits per heavy atom. The normalized spacial score (nSPS) is 20.9. The lowest BCUT2D eigenvalue weighted by molar-refractivity contribution is 0.0189. The highest BCUT2D eigenvalue weighted by atomic mass is 19.1. The predicted molar refractivity (Wildman–Crippen MR) is 115 cm³/mol. The number of fused-ring (bicyclic) bond motifs is 1. The van der Waals surface area contributed by atoms with Crippen molar-refractivity contribution in [2.75, 3.05) is 45.2 Å². The Labute approximate surface area is 181 Å². The number of piperidine rings is 1. The Bertz CT molecular complexity index is 922. The molecule has 2 aromatic carbocycles. The summed E-state index contributed by atoms with van der Waals surface area (Å²) in [5, 5.41) is 16.6. The van der Waals surface area contributed by atoms with Crippen molar-refractivity contribution in [2.45, 2.75) is 19.1 Å². The van der Waals surface area contributed by atoms with E-state index >= 15 is 0 Å². The van der Waals surface area contributed by atoms with Gasteiger partial charge in [0.1, 0.15) is 19.0 Å². The van der Waals surface area contributed by atoms with Crippen LogP contribution >= 0.6 is 0 Å². The number of anilines is 1. The highest BCUT2D eigenvalue weighted by Gasteiger charge is 2.29. The van der Waals surface area contributed by atoms with Crippen molar-refractivity contribution in [2.24, 2.45) is 5.92 Å². The molecular formula is C23H28FN3O4. The lowest BCUT2D eigenvalue weighted by atomic mass is 9.93. The number of amides is 1. The second kappa shape index (κ2) is 9.53. The molecule has 0 saturated carbocycles. The molecule has 0 unspecified atom stereocenters. The van der Waals surface area contributed by atoms with Gasteiger partial charge in [-0.05, 0) is 36.7 Å². The second-order valence-corrected chi connectivity index (χ2v) is 7.99. The molecule has 2 aliphatic heterocycles. The van der Waals surface area contributed by atoms with Gasteiger partial charge in [0, 0.05) is 44.4 Å². The molecular weight excluding hydrogens is 401 g/mol. The number of ether oxygens (including phenoxy) is 2. The Morgan fingerprint density at radius 1 is 1.23 bits per heavy atom. The quantitative estimate of drug-likeness (QED) is 0.654. The molecule has 2 aromatic rings. The van der Waals surface area contributed by atoms with Gasteiger partial charge in [0.25, 0.3) is 5.91 Å². The molecule has 1 fully saturated rings.